The quantitative estimate of drug-likeness (QED) is 0.490. The van der Waals surface area contributed by atoms with E-state index >= 15 is 0 Å². The van der Waals surface area contributed by atoms with Crippen LogP contribution in [0, 0.1) is 0 Å². The van der Waals surface area contributed by atoms with Crippen LogP contribution in [0.15, 0.2) is 0 Å². The van der Waals surface area contributed by atoms with E-state index in [0.717, 1.165) is 0 Å². The zero-order valence-electron chi connectivity index (χ0n) is 5.57. The highest BCUT2D eigenvalue weighted by Gasteiger charge is 1.95. The van der Waals surface area contributed by atoms with E-state index in [0.29, 0.717) is 0 Å². The zero-order chi connectivity index (χ0) is 7.28. The second-order valence-corrected chi connectivity index (χ2v) is 3.10. The molecule has 0 aromatic carbocycles. The first kappa shape index (κ1) is 9.62. The predicted molar refractivity (Wildman–Crippen MR) is 43.9 cm³/mol. The Morgan fingerprint density at radius 1 is 1.11 bits per heavy atom. The summed E-state index contributed by atoms with van der Waals surface area (Å²) in [5.74, 6) is 0. The van der Waals surface area contributed by atoms with Gasteiger partial charge in [-0.3, -0.25) is 0 Å². The standard InChI is InChI=1S/C5H12O2S2/c1-4(8)6-3-7-5(2)9/h4-5,8-9H,3H2,1-2H3. The number of hydrogen-bond acceptors (Lipinski definition) is 4. The van der Waals surface area contributed by atoms with E-state index in [2.05, 4.69) is 25.3 Å². The van der Waals surface area contributed by atoms with Gasteiger partial charge in [0, 0.05) is 0 Å². The van der Waals surface area contributed by atoms with Crippen molar-refractivity contribution in [3.05, 3.63) is 0 Å². The van der Waals surface area contributed by atoms with E-state index in [9.17, 15) is 0 Å². The maximum atomic E-state index is 4.95. The summed E-state index contributed by atoms with van der Waals surface area (Å²) in [4.78, 5) is 0. The van der Waals surface area contributed by atoms with Crippen molar-refractivity contribution in [2.24, 2.45) is 0 Å². The highest BCUT2D eigenvalue weighted by molar-refractivity contribution is 7.80. The minimum atomic E-state index is -0.0721. The Morgan fingerprint density at radius 2 is 1.44 bits per heavy atom. The molecule has 0 aliphatic carbocycles. The molecule has 9 heavy (non-hydrogen) atoms. The number of ether oxygens (including phenoxy) is 2. The average Bonchev–Trinajstić information content (AvgIpc) is 1.63. The molecule has 2 nitrogen and oxygen atoms in total. The molecule has 4 heteroatoms. The summed E-state index contributed by atoms with van der Waals surface area (Å²) in [6, 6.07) is 0. The van der Waals surface area contributed by atoms with Crippen LogP contribution < -0.4 is 0 Å². The summed E-state index contributed by atoms with van der Waals surface area (Å²) < 4.78 is 9.89. The van der Waals surface area contributed by atoms with Crippen LogP contribution in [0.5, 0.6) is 0 Å². The van der Waals surface area contributed by atoms with Gasteiger partial charge in [-0.1, -0.05) is 0 Å². The lowest BCUT2D eigenvalue weighted by molar-refractivity contribution is -0.0634. The fourth-order valence-electron chi connectivity index (χ4n) is 0.236. The van der Waals surface area contributed by atoms with Gasteiger partial charge < -0.3 is 9.47 Å². The summed E-state index contributed by atoms with van der Waals surface area (Å²) in [5.41, 5.74) is -0.144. The van der Waals surface area contributed by atoms with Gasteiger partial charge in [0.15, 0.2) is 0 Å². The molecule has 0 aromatic heterocycles. The van der Waals surface area contributed by atoms with Crippen LogP contribution in [0.4, 0.5) is 0 Å². The van der Waals surface area contributed by atoms with Gasteiger partial charge in [-0.25, -0.2) is 0 Å². The lowest BCUT2D eigenvalue weighted by Gasteiger charge is -2.08. The molecule has 2 atom stereocenters. The molecule has 0 radical (unpaired) electrons. The van der Waals surface area contributed by atoms with Crippen LogP contribution in [0.3, 0.4) is 0 Å². The fraction of sp³-hybridized carbons (Fsp3) is 1.00. The van der Waals surface area contributed by atoms with Crippen molar-refractivity contribution >= 4 is 25.3 Å². The van der Waals surface area contributed by atoms with Crippen molar-refractivity contribution < 1.29 is 9.47 Å². The van der Waals surface area contributed by atoms with Gasteiger partial charge in [-0.15, -0.1) is 25.3 Å². The van der Waals surface area contributed by atoms with Crippen LogP contribution in [0.1, 0.15) is 13.8 Å². The van der Waals surface area contributed by atoms with Crippen LogP contribution >= 0.6 is 25.3 Å². The third-order valence-corrected chi connectivity index (χ3v) is 0.917. The second-order valence-electron chi connectivity index (χ2n) is 1.65. The van der Waals surface area contributed by atoms with Gasteiger partial charge >= 0.3 is 0 Å². The SMILES string of the molecule is CC(S)OCOC(C)S. The maximum absolute atomic E-state index is 4.95. The Morgan fingerprint density at radius 3 is 1.67 bits per heavy atom. The first-order chi connectivity index (χ1) is 4.13. The first-order valence-corrected chi connectivity index (χ1v) is 3.75. The summed E-state index contributed by atoms with van der Waals surface area (Å²) in [6.45, 7) is 3.92. The van der Waals surface area contributed by atoms with Gasteiger partial charge in [0.05, 0.1) is 10.9 Å². The largest absolute Gasteiger partial charge is 0.342 e. The monoisotopic (exact) mass is 168 g/mol. The number of hydrogen-bond donors (Lipinski definition) is 2. The van der Waals surface area contributed by atoms with Crippen LogP contribution in [0.25, 0.3) is 0 Å². The van der Waals surface area contributed by atoms with Gasteiger partial charge in [-0.05, 0) is 13.8 Å². The lowest BCUT2D eigenvalue weighted by Crippen LogP contribution is -2.08. The molecule has 0 saturated heterocycles. The van der Waals surface area contributed by atoms with Crippen molar-refractivity contribution in [3.63, 3.8) is 0 Å². The number of rotatable bonds is 4. The maximum Gasteiger partial charge on any atom is 0.149 e. The highest BCUT2D eigenvalue weighted by Crippen LogP contribution is 1.98. The van der Waals surface area contributed by atoms with Crippen molar-refractivity contribution in [2.45, 2.75) is 24.7 Å². The Hall–Kier alpha value is 0.620. The Bertz CT molecular complexity index is 58.0. The van der Waals surface area contributed by atoms with Gasteiger partial charge in [-0.2, -0.15) is 0 Å². The minimum absolute atomic E-state index is 0.0721. The molecule has 56 valence electrons. The van der Waals surface area contributed by atoms with Gasteiger partial charge in [0.25, 0.3) is 0 Å². The topological polar surface area (TPSA) is 18.5 Å². The fourth-order valence-corrected chi connectivity index (χ4v) is 0.358. The summed E-state index contributed by atoms with van der Waals surface area (Å²) in [7, 11) is 0. The molecule has 2 unspecified atom stereocenters. The molecule has 0 heterocycles. The van der Waals surface area contributed by atoms with E-state index in [1.165, 1.54) is 0 Å². The van der Waals surface area contributed by atoms with E-state index in [4.69, 9.17) is 9.47 Å². The lowest BCUT2D eigenvalue weighted by atomic mass is 10.8. The molecule has 0 aliphatic rings. The van der Waals surface area contributed by atoms with Crippen LogP contribution in [-0.4, -0.2) is 17.7 Å². The Balaban J connectivity index is 2.91. The van der Waals surface area contributed by atoms with Crippen molar-refractivity contribution in [1.29, 1.82) is 0 Å². The molecule has 0 spiro atoms. The van der Waals surface area contributed by atoms with Gasteiger partial charge in [0.1, 0.15) is 6.79 Å². The molecular formula is C5H12O2S2. The molecule has 0 saturated carbocycles. The van der Waals surface area contributed by atoms with E-state index < -0.39 is 0 Å². The van der Waals surface area contributed by atoms with Crippen LogP contribution in [-0.2, 0) is 9.47 Å². The molecule has 0 rings (SSSR count). The van der Waals surface area contributed by atoms with Crippen molar-refractivity contribution in [3.8, 4) is 0 Å². The molecule has 0 aliphatic heterocycles. The van der Waals surface area contributed by atoms with Crippen molar-refractivity contribution in [1.82, 2.24) is 0 Å². The van der Waals surface area contributed by atoms with Crippen molar-refractivity contribution in [2.75, 3.05) is 6.79 Å². The van der Waals surface area contributed by atoms with E-state index in [1.54, 1.807) is 0 Å². The molecule has 0 bridgehead atoms. The summed E-state index contributed by atoms with van der Waals surface area (Å²) >= 11 is 7.95. The Kier molecular flexibility index (Phi) is 5.78. The molecule has 0 fully saturated rings. The summed E-state index contributed by atoms with van der Waals surface area (Å²) in [5, 5.41) is 0. The normalized spacial score (nSPS) is 17.3. The second kappa shape index (κ2) is 5.41. The molecule has 0 N–H and O–H groups in total. The number of thiol groups is 2. The van der Waals surface area contributed by atoms with E-state index in [-0.39, 0.29) is 17.7 Å². The molecule has 0 aromatic rings. The third-order valence-electron chi connectivity index (χ3n) is 0.618. The molecule has 0 amide bonds. The van der Waals surface area contributed by atoms with E-state index in [1.807, 2.05) is 13.8 Å². The zero-order valence-corrected chi connectivity index (χ0v) is 7.36. The minimum Gasteiger partial charge on any atom is -0.342 e. The summed E-state index contributed by atoms with van der Waals surface area (Å²) in [6.07, 6.45) is 0. The third kappa shape index (κ3) is 8.62. The highest BCUT2D eigenvalue weighted by atomic mass is 32.1. The first-order valence-electron chi connectivity index (χ1n) is 2.72. The average molecular weight is 168 g/mol. The molecular weight excluding hydrogens is 156 g/mol. The predicted octanol–water partition coefficient (Wildman–Crippen LogP) is 1.53. The van der Waals surface area contributed by atoms with Gasteiger partial charge in [0.2, 0.25) is 0 Å². The smallest absolute Gasteiger partial charge is 0.149 e. The Labute approximate surface area is 66.7 Å². The van der Waals surface area contributed by atoms with Crippen LogP contribution in [0.2, 0.25) is 0 Å².